The molecule has 1 aromatic heterocycles. The first-order valence-corrected chi connectivity index (χ1v) is 5.35. The maximum atomic E-state index is 11.9. The number of rotatable bonds is 3. The van der Waals surface area contributed by atoms with E-state index in [-0.39, 0.29) is 18.6 Å². The Balaban J connectivity index is 1.95. The van der Waals surface area contributed by atoms with Crippen molar-refractivity contribution >= 4 is 6.03 Å². The Morgan fingerprint density at radius 1 is 1.62 bits per heavy atom. The third kappa shape index (κ3) is 2.29. The Kier molecular flexibility index (Phi) is 3.34. The third-order valence-corrected chi connectivity index (χ3v) is 2.66. The number of urea groups is 1. The molecule has 0 fully saturated rings. The summed E-state index contributed by atoms with van der Waals surface area (Å²) in [6.07, 6.45) is 3.49. The molecule has 0 radical (unpaired) electrons. The molecule has 0 aliphatic heterocycles. The van der Waals surface area contributed by atoms with Crippen LogP contribution in [0.1, 0.15) is 23.7 Å². The zero-order valence-electron chi connectivity index (χ0n) is 8.87. The van der Waals surface area contributed by atoms with Gasteiger partial charge in [0, 0.05) is 18.4 Å². The Hall–Kier alpha value is -1.65. The predicted molar refractivity (Wildman–Crippen MR) is 57.8 cm³/mol. The van der Waals surface area contributed by atoms with Gasteiger partial charge in [-0.1, -0.05) is 6.07 Å². The number of aromatic nitrogens is 1. The zero-order valence-corrected chi connectivity index (χ0v) is 8.87. The number of carbonyl (C=O) groups excluding carboxylic acids is 1. The third-order valence-electron chi connectivity index (χ3n) is 2.66. The van der Waals surface area contributed by atoms with Crippen molar-refractivity contribution in [1.82, 2.24) is 15.6 Å². The summed E-state index contributed by atoms with van der Waals surface area (Å²) < 4.78 is 11.9. The molecule has 0 aromatic carbocycles. The lowest BCUT2D eigenvalue weighted by Gasteiger charge is -2.13. The first-order chi connectivity index (χ1) is 7.81. The number of carbonyl (C=O) groups is 1. The molecule has 5 heteroatoms. The van der Waals surface area contributed by atoms with Crippen molar-refractivity contribution in [1.29, 1.82) is 0 Å². The minimum absolute atomic E-state index is 0.00307. The highest BCUT2D eigenvalue weighted by Crippen LogP contribution is 2.28. The van der Waals surface area contributed by atoms with Crippen LogP contribution in [0.2, 0.25) is 0 Å². The van der Waals surface area contributed by atoms with E-state index in [0.717, 1.165) is 24.1 Å². The highest BCUT2D eigenvalue weighted by Gasteiger charge is 2.24. The van der Waals surface area contributed by atoms with Crippen LogP contribution in [0.3, 0.4) is 0 Å². The summed E-state index contributed by atoms with van der Waals surface area (Å²) in [5.41, 5.74) is 2.11. The number of pyridine rings is 1. The summed E-state index contributed by atoms with van der Waals surface area (Å²) in [6, 6.07) is 3.51. The number of alkyl halides is 1. The molecule has 1 aliphatic rings. The molecule has 2 rings (SSSR count). The van der Waals surface area contributed by atoms with Gasteiger partial charge < -0.3 is 10.6 Å². The molecular formula is C11H14FN3O. The molecule has 1 aliphatic carbocycles. The van der Waals surface area contributed by atoms with Gasteiger partial charge in [-0.3, -0.25) is 4.98 Å². The number of nitrogens with zero attached hydrogens (tertiary/aromatic N) is 1. The molecule has 1 aromatic rings. The summed E-state index contributed by atoms with van der Waals surface area (Å²) >= 11 is 0. The average Bonchev–Trinajstić information content (AvgIpc) is 2.70. The second kappa shape index (κ2) is 4.92. The Morgan fingerprint density at radius 3 is 3.31 bits per heavy atom. The fraction of sp³-hybridized carbons (Fsp3) is 0.455. The standard InChI is InChI=1S/C11H14FN3O/c12-5-7-14-11(16)15-10-4-3-9-8(10)2-1-6-13-9/h1-2,6,10H,3-5,7H2,(H2,14,15,16). The lowest BCUT2D eigenvalue weighted by atomic mass is 10.1. The van der Waals surface area contributed by atoms with Gasteiger partial charge in [0.1, 0.15) is 6.67 Å². The van der Waals surface area contributed by atoms with Crippen LogP contribution in [0.25, 0.3) is 0 Å². The molecule has 1 heterocycles. The minimum atomic E-state index is -0.545. The summed E-state index contributed by atoms with van der Waals surface area (Å²) in [5.74, 6) is 0. The van der Waals surface area contributed by atoms with Crippen LogP contribution in [0.5, 0.6) is 0 Å². The van der Waals surface area contributed by atoms with Crippen LogP contribution in [-0.2, 0) is 6.42 Å². The predicted octanol–water partition coefficient (Wildman–Crippen LogP) is 1.34. The molecule has 16 heavy (non-hydrogen) atoms. The molecule has 0 saturated carbocycles. The number of aryl methyl sites for hydroxylation is 1. The van der Waals surface area contributed by atoms with Crippen LogP contribution in [0, 0.1) is 0 Å². The van der Waals surface area contributed by atoms with E-state index in [2.05, 4.69) is 15.6 Å². The topological polar surface area (TPSA) is 54.0 Å². The zero-order chi connectivity index (χ0) is 11.4. The monoisotopic (exact) mass is 223 g/mol. The first-order valence-electron chi connectivity index (χ1n) is 5.35. The SMILES string of the molecule is O=C(NCCF)NC1CCc2ncccc21. The lowest BCUT2D eigenvalue weighted by molar-refractivity contribution is 0.236. The van der Waals surface area contributed by atoms with Crippen LogP contribution < -0.4 is 10.6 Å². The van der Waals surface area contributed by atoms with Crippen molar-refractivity contribution in [3.63, 3.8) is 0 Å². The van der Waals surface area contributed by atoms with E-state index in [4.69, 9.17) is 0 Å². The van der Waals surface area contributed by atoms with Crippen molar-refractivity contribution in [3.8, 4) is 0 Å². The number of hydrogen-bond donors (Lipinski definition) is 2. The second-order valence-corrected chi connectivity index (χ2v) is 3.72. The molecule has 2 N–H and O–H groups in total. The summed E-state index contributed by atoms with van der Waals surface area (Å²) in [5, 5.41) is 5.26. The van der Waals surface area contributed by atoms with Gasteiger partial charge in [0.15, 0.2) is 0 Å². The molecule has 0 spiro atoms. The van der Waals surface area contributed by atoms with Crippen LogP contribution in [0.15, 0.2) is 18.3 Å². The van der Waals surface area contributed by atoms with Gasteiger partial charge in [-0.25, -0.2) is 9.18 Å². The van der Waals surface area contributed by atoms with Crippen molar-refractivity contribution in [2.24, 2.45) is 0 Å². The van der Waals surface area contributed by atoms with E-state index in [0.29, 0.717) is 0 Å². The van der Waals surface area contributed by atoms with E-state index in [1.807, 2.05) is 12.1 Å². The number of nitrogens with one attached hydrogen (secondary N) is 2. The molecule has 0 saturated heterocycles. The molecular weight excluding hydrogens is 209 g/mol. The van der Waals surface area contributed by atoms with Crippen LogP contribution >= 0.6 is 0 Å². The van der Waals surface area contributed by atoms with Gasteiger partial charge in [0.25, 0.3) is 0 Å². The number of hydrogen-bond acceptors (Lipinski definition) is 2. The first kappa shape index (κ1) is 10.9. The van der Waals surface area contributed by atoms with Gasteiger partial charge in [-0.15, -0.1) is 0 Å². The fourth-order valence-corrected chi connectivity index (χ4v) is 1.93. The van der Waals surface area contributed by atoms with Gasteiger partial charge in [0.05, 0.1) is 6.04 Å². The van der Waals surface area contributed by atoms with Gasteiger partial charge >= 0.3 is 6.03 Å². The Labute approximate surface area is 93.3 Å². The highest BCUT2D eigenvalue weighted by atomic mass is 19.1. The van der Waals surface area contributed by atoms with Crippen molar-refractivity contribution in [2.45, 2.75) is 18.9 Å². The maximum absolute atomic E-state index is 11.9. The number of fused-ring (bicyclic) bond motifs is 1. The average molecular weight is 223 g/mol. The minimum Gasteiger partial charge on any atom is -0.336 e. The van der Waals surface area contributed by atoms with Crippen molar-refractivity contribution < 1.29 is 9.18 Å². The largest absolute Gasteiger partial charge is 0.336 e. The molecule has 0 bridgehead atoms. The Bertz CT molecular complexity index is 383. The van der Waals surface area contributed by atoms with Gasteiger partial charge in [0.2, 0.25) is 0 Å². The van der Waals surface area contributed by atoms with Crippen LogP contribution in [0.4, 0.5) is 9.18 Å². The quantitative estimate of drug-likeness (QED) is 0.812. The summed E-state index contributed by atoms with van der Waals surface area (Å²) in [6.45, 7) is -0.491. The highest BCUT2D eigenvalue weighted by molar-refractivity contribution is 5.74. The second-order valence-electron chi connectivity index (χ2n) is 3.72. The molecule has 1 unspecified atom stereocenters. The Morgan fingerprint density at radius 2 is 2.50 bits per heavy atom. The van der Waals surface area contributed by atoms with E-state index in [1.165, 1.54) is 0 Å². The van der Waals surface area contributed by atoms with E-state index in [1.54, 1.807) is 6.20 Å². The lowest BCUT2D eigenvalue weighted by Crippen LogP contribution is -2.38. The number of halogens is 1. The van der Waals surface area contributed by atoms with E-state index >= 15 is 0 Å². The summed E-state index contributed by atoms with van der Waals surface area (Å²) in [4.78, 5) is 15.6. The van der Waals surface area contributed by atoms with Gasteiger partial charge in [-0.05, 0) is 24.5 Å². The van der Waals surface area contributed by atoms with Crippen molar-refractivity contribution in [2.75, 3.05) is 13.2 Å². The normalized spacial score (nSPS) is 17.9. The van der Waals surface area contributed by atoms with E-state index < -0.39 is 6.67 Å². The number of amides is 2. The van der Waals surface area contributed by atoms with E-state index in [9.17, 15) is 9.18 Å². The van der Waals surface area contributed by atoms with Crippen LogP contribution in [-0.4, -0.2) is 24.2 Å². The van der Waals surface area contributed by atoms with Crippen molar-refractivity contribution in [3.05, 3.63) is 29.6 Å². The summed E-state index contributed by atoms with van der Waals surface area (Å²) in [7, 11) is 0. The fourth-order valence-electron chi connectivity index (χ4n) is 1.93. The van der Waals surface area contributed by atoms with Gasteiger partial charge in [-0.2, -0.15) is 0 Å². The molecule has 4 nitrogen and oxygen atoms in total. The maximum Gasteiger partial charge on any atom is 0.315 e. The molecule has 86 valence electrons. The molecule has 2 amide bonds. The molecule has 1 atom stereocenters. The smallest absolute Gasteiger partial charge is 0.315 e.